The summed E-state index contributed by atoms with van der Waals surface area (Å²) in [4.78, 5) is 0. The quantitative estimate of drug-likeness (QED) is 0.884. The molecule has 0 aliphatic heterocycles. The molecule has 2 heteroatoms. The van der Waals surface area contributed by atoms with Crippen molar-refractivity contribution in [2.75, 3.05) is 7.11 Å². The summed E-state index contributed by atoms with van der Waals surface area (Å²) in [6.45, 7) is 4.50. The summed E-state index contributed by atoms with van der Waals surface area (Å²) >= 11 is 0. The molecule has 0 aromatic heterocycles. The molecule has 2 nitrogen and oxygen atoms in total. The van der Waals surface area contributed by atoms with Gasteiger partial charge in [0.1, 0.15) is 5.75 Å². The average Bonchev–Trinajstić information content (AvgIpc) is 2.38. The second-order valence-electron chi connectivity index (χ2n) is 5.95. The summed E-state index contributed by atoms with van der Waals surface area (Å²) in [5, 5.41) is 0. The molecule has 3 unspecified atom stereocenters. The molecule has 2 N–H and O–H groups in total. The largest absolute Gasteiger partial charge is 0.496 e. The molecule has 1 fully saturated rings. The Morgan fingerprint density at radius 2 is 2.00 bits per heavy atom. The number of hydrogen-bond donors (Lipinski definition) is 1. The van der Waals surface area contributed by atoms with E-state index in [1.54, 1.807) is 7.11 Å². The highest BCUT2D eigenvalue weighted by atomic mass is 16.5. The van der Waals surface area contributed by atoms with Crippen molar-refractivity contribution in [3.63, 3.8) is 0 Å². The Labute approximate surface area is 111 Å². The second-order valence-corrected chi connectivity index (χ2v) is 5.95. The summed E-state index contributed by atoms with van der Waals surface area (Å²) in [5.74, 6) is 2.26. The van der Waals surface area contributed by atoms with Gasteiger partial charge in [0.05, 0.1) is 7.11 Å². The highest BCUT2D eigenvalue weighted by Gasteiger charge is 2.36. The monoisotopic (exact) mass is 247 g/mol. The van der Waals surface area contributed by atoms with E-state index in [2.05, 4.69) is 26.0 Å². The molecule has 100 valence electrons. The maximum atomic E-state index is 6.67. The molecule has 0 radical (unpaired) electrons. The second kappa shape index (κ2) is 5.31. The van der Waals surface area contributed by atoms with Crippen LogP contribution in [0.2, 0.25) is 0 Å². The first-order valence-corrected chi connectivity index (χ1v) is 6.98. The third-order valence-electron chi connectivity index (χ3n) is 4.47. The zero-order valence-electron chi connectivity index (χ0n) is 11.8. The first-order valence-electron chi connectivity index (χ1n) is 6.98. The number of nitrogens with two attached hydrogens (primary N) is 1. The number of methoxy groups -OCH3 is 1. The minimum atomic E-state index is -0.290. The molecule has 0 heterocycles. The molecular weight excluding hydrogens is 222 g/mol. The van der Waals surface area contributed by atoms with E-state index in [0.717, 1.165) is 17.2 Å². The number of rotatable bonds is 3. The molecule has 0 bridgehead atoms. The number of para-hydroxylation sites is 1. The fourth-order valence-electron chi connectivity index (χ4n) is 3.29. The van der Waals surface area contributed by atoms with Crippen molar-refractivity contribution in [1.82, 2.24) is 0 Å². The van der Waals surface area contributed by atoms with Gasteiger partial charge in [0.15, 0.2) is 0 Å². The van der Waals surface area contributed by atoms with Gasteiger partial charge in [-0.3, -0.25) is 0 Å². The van der Waals surface area contributed by atoms with E-state index in [1.807, 2.05) is 12.1 Å². The van der Waals surface area contributed by atoms with E-state index in [9.17, 15) is 0 Å². The molecule has 1 aliphatic carbocycles. The van der Waals surface area contributed by atoms with E-state index in [-0.39, 0.29) is 5.54 Å². The normalized spacial score (nSPS) is 27.6. The Balaban J connectivity index is 2.28. The molecular formula is C16H25NO. The predicted molar refractivity (Wildman–Crippen MR) is 75.7 cm³/mol. The zero-order valence-corrected chi connectivity index (χ0v) is 11.8. The maximum Gasteiger partial charge on any atom is 0.123 e. The van der Waals surface area contributed by atoms with E-state index in [1.165, 1.54) is 25.7 Å². The number of ether oxygens (including phenoxy) is 1. The zero-order chi connectivity index (χ0) is 13.2. The minimum Gasteiger partial charge on any atom is -0.496 e. The number of benzene rings is 1. The van der Waals surface area contributed by atoms with Crippen molar-refractivity contribution in [3.8, 4) is 5.75 Å². The van der Waals surface area contributed by atoms with Crippen molar-refractivity contribution in [3.05, 3.63) is 29.8 Å². The minimum absolute atomic E-state index is 0.290. The standard InChI is InChI=1S/C16H25NO/c1-12-7-6-8-13(11-12)16(2,17)14-9-4-5-10-15(14)18-3/h4-5,9-10,12-13H,6-8,11,17H2,1-3H3. The molecule has 0 amide bonds. The van der Waals surface area contributed by atoms with Gasteiger partial charge in [0.2, 0.25) is 0 Å². The topological polar surface area (TPSA) is 35.2 Å². The maximum absolute atomic E-state index is 6.67. The lowest BCUT2D eigenvalue weighted by Gasteiger charge is -2.39. The molecule has 0 saturated heterocycles. The smallest absolute Gasteiger partial charge is 0.123 e. The summed E-state index contributed by atoms with van der Waals surface area (Å²) in [6.07, 6.45) is 5.10. The van der Waals surface area contributed by atoms with Crippen LogP contribution < -0.4 is 10.5 Å². The van der Waals surface area contributed by atoms with Gasteiger partial charge in [0.25, 0.3) is 0 Å². The third-order valence-corrected chi connectivity index (χ3v) is 4.47. The van der Waals surface area contributed by atoms with Crippen LogP contribution in [0.5, 0.6) is 5.75 Å². The highest BCUT2D eigenvalue weighted by molar-refractivity contribution is 5.39. The van der Waals surface area contributed by atoms with Crippen LogP contribution in [-0.2, 0) is 5.54 Å². The summed E-state index contributed by atoms with van der Waals surface area (Å²) < 4.78 is 5.47. The van der Waals surface area contributed by atoms with E-state index in [0.29, 0.717) is 5.92 Å². The highest BCUT2D eigenvalue weighted by Crippen LogP contribution is 2.42. The van der Waals surface area contributed by atoms with Gasteiger partial charge in [-0.2, -0.15) is 0 Å². The molecule has 1 aromatic rings. The van der Waals surface area contributed by atoms with Crippen LogP contribution in [0.15, 0.2) is 24.3 Å². The van der Waals surface area contributed by atoms with Crippen molar-refractivity contribution in [1.29, 1.82) is 0 Å². The van der Waals surface area contributed by atoms with Crippen LogP contribution in [0, 0.1) is 11.8 Å². The summed E-state index contributed by atoms with van der Waals surface area (Å²) in [5.41, 5.74) is 7.53. The van der Waals surface area contributed by atoms with Crippen LogP contribution >= 0.6 is 0 Å². The van der Waals surface area contributed by atoms with Gasteiger partial charge in [-0.25, -0.2) is 0 Å². The Bertz CT molecular complexity index is 400. The average molecular weight is 247 g/mol. The van der Waals surface area contributed by atoms with Crippen LogP contribution in [0.4, 0.5) is 0 Å². The lowest BCUT2D eigenvalue weighted by molar-refractivity contribution is 0.181. The van der Waals surface area contributed by atoms with E-state index >= 15 is 0 Å². The van der Waals surface area contributed by atoms with Crippen LogP contribution in [0.25, 0.3) is 0 Å². The molecule has 1 saturated carbocycles. The van der Waals surface area contributed by atoms with Crippen LogP contribution in [-0.4, -0.2) is 7.11 Å². The Hall–Kier alpha value is -1.02. The van der Waals surface area contributed by atoms with Crippen molar-refractivity contribution in [2.24, 2.45) is 17.6 Å². The van der Waals surface area contributed by atoms with Gasteiger partial charge in [-0.05, 0) is 37.7 Å². The fraction of sp³-hybridized carbons (Fsp3) is 0.625. The van der Waals surface area contributed by atoms with Crippen LogP contribution in [0.1, 0.15) is 45.1 Å². The first kappa shape index (κ1) is 13.4. The fourth-order valence-corrected chi connectivity index (χ4v) is 3.29. The van der Waals surface area contributed by atoms with E-state index < -0.39 is 0 Å². The van der Waals surface area contributed by atoms with Gasteiger partial charge in [-0.1, -0.05) is 38.0 Å². The molecule has 3 atom stereocenters. The Morgan fingerprint density at radius 3 is 2.67 bits per heavy atom. The molecule has 2 rings (SSSR count). The van der Waals surface area contributed by atoms with E-state index in [4.69, 9.17) is 10.5 Å². The summed E-state index contributed by atoms with van der Waals surface area (Å²) in [7, 11) is 1.72. The SMILES string of the molecule is COc1ccccc1C(C)(N)C1CCCC(C)C1. The van der Waals surface area contributed by atoms with Gasteiger partial charge in [-0.15, -0.1) is 0 Å². The van der Waals surface area contributed by atoms with Crippen LogP contribution in [0.3, 0.4) is 0 Å². The predicted octanol–water partition coefficient (Wildman–Crippen LogP) is 3.70. The summed E-state index contributed by atoms with van der Waals surface area (Å²) in [6, 6.07) is 8.17. The van der Waals surface area contributed by atoms with Gasteiger partial charge < -0.3 is 10.5 Å². The molecule has 1 aromatic carbocycles. The Morgan fingerprint density at radius 1 is 1.28 bits per heavy atom. The van der Waals surface area contributed by atoms with Crippen molar-refractivity contribution >= 4 is 0 Å². The number of hydrogen-bond acceptors (Lipinski definition) is 2. The molecule has 0 spiro atoms. The van der Waals surface area contributed by atoms with Gasteiger partial charge in [0, 0.05) is 11.1 Å². The molecule has 18 heavy (non-hydrogen) atoms. The lowest BCUT2D eigenvalue weighted by atomic mass is 9.70. The van der Waals surface area contributed by atoms with Crippen molar-refractivity contribution < 1.29 is 4.74 Å². The Kier molecular flexibility index (Phi) is 3.96. The lowest BCUT2D eigenvalue weighted by Crippen LogP contribution is -2.43. The van der Waals surface area contributed by atoms with Crippen molar-refractivity contribution in [2.45, 2.75) is 45.1 Å². The molecule has 1 aliphatic rings. The third kappa shape index (κ3) is 2.54. The van der Waals surface area contributed by atoms with Gasteiger partial charge >= 0.3 is 0 Å². The first-order chi connectivity index (χ1) is 8.55.